The van der Waals surface area contributed by atoms with E-state index in [0.29, 0.717) is 22.5 Å². The topological polar surface area (TPSA) is 83.8 Å². The Hall–Kier alpha value is -2.04. The number of H-pyrrole nitrogens is 1. The van der Waals surface area contributed by atoms with Crippen molar-refractivity contribution in [2.75, 3.05) is 17.6 Å². The fourth-order valence-electron chi connectivity index (χ4n) is 2.00. The van der Waals surface area contributed by atoms with E-state index in [1.165, 1.54) is 19.3 Å². The lowest BCUT2D eigenvalue weighted by Crippen LogP contribution is -2.14. The van der Waals surface area contributed by atoms with Gasteiger partial charge < -0.3 is 11.1 Å². The van der Waals surface area contributed by atoms with Gasteiger partial charge in [0.1, 0.15) is 0 Å². The molecule has 2 aromatic rings. The number of fused-ring (bicyclic) bond motifs is 1. The van der Waals surface area contributed by atoms with Crippen molar-refractivity contribution < 1.29 is 0 Å². The van der Waals surface area contributed by atoms with Crippen molar-refractivity contribution in [3.05, 3.63) is 28.6 Å². The molecule has 0 amide bonds. The number of unbranched alkanes of at least 4 members (excludes halogenated alkanes) is 3. The first-order chi connectivity index (χ1) is 9.20. The smallest absolute Gasteiger partial charge is 0.260 e. The van der Waals surface area contributed by atoms with Gasteiger partial charge in [0.05, 0.1) is 10.9 Å². The molecule has 1 heterocycles. The lowest BCUT2D eigenvalue weighted by atomic mass is 10.2. The second kappa shape index (κ2) is 6.22. The van der Waals surface area contributed by atoms with Crippen molar-refractivity contribution >= 4 is 22.5 Å². The molecule has 19 heavy (non-hydrogen) atoms. The molecular formula is C14H20N4O. The van der Waals surface area contributed by atoms with Gasteiger partial charge in [-0.1, -0.05) is 26.2 Å². The summed E-state index contributed by atoms with van der Waals surface area (Å²) in [6, 6.07) is 5.16. The van der Waals surface area contributed by atoms with Gasteiger partial charge in [0.2, 0.25) is 5.95 Å². The van der Waals surface area contributed by atoms with Crippen LogP contribution in [0.4, 0.5) is 11.6 Å². The molecule has 0 fully saturated rings. The summed E-state index contributed by atoms with van der Waals surface area (Å²) in [5.74, 6) is 0.527. The highest BCUT2D eigenvalue weighted by atomic mass is 16.1. The Morgan fingerprint density at radius 1 is 1.32 bits per heavy atom. The summed E-state index contributed by atoms with van der Waals surface area (Å²) in [5.41, 5.74) is 6.73. The monoisotopic (exact) mass is 260 g/mol. The highest BCUT2D eigenvalue weighted by molar-refractivity contribution is 5.81. The van der Waals surface area contributed by atoms with Gasteiger partial charge in [0, 0.05) is 12.2 Å². The van der Waals surface area contributed by atoms with Crippen LogP contribution in [0.25, 0.3) is 10.9 Å². The minimum absolute atomic E-state index is 0.159. The van der Waals surface area contributed by atoms with Crippen LogP contribution in [0.5, 0.6) is 0 Å². The van der Waals surface area contributed by atoms with Gasteiger partial charge in [0.15, 0.2) is 0 Å². The van der Waals surface area contributed by atoms with Gasteiger partial charge in [0.25, 0.3) is 5.56 Å². The average molecular weight is 260 g/mol. The normalized spacial score (nSPS) is 10.8. The molecule has 0 aliphatic rings. The van der Waals surface area contributed by atoms with E-state index in [2.05, 4.69) is 22.2 Å². The third kappa shape index (κ3) is 3.47. The Kier molecular flexibility index (Phi) is 4.39. The van der Waals surface area contributed by atoms with Gasteiger partial charge in [-0.05, 0) is 24.6 Å². The minimum Gasteiger partial charge on any atom is -0.399 e. The Morgan fingerprint density at radius 3 is 2.95 bits per heavy atom. The van der Waals surface area contributed by atoms with E-state index in [1.54, 1.807) is 18.2 Å². The van der Waals surface area contributed by atoms with Crippen LogP contribution in [-0.2, 0) is 0 Å². The lowest BCUT2D eigenvalue weighted by molar-refractivity contribution is 0.683. The van der Waals surface area contributed by atoms with E-state index in [9.17, 15) is 4.79 Å². The number of nitrogens with one attached hydrogen (secondary N) is 2. The van der Waals surface area contributed by atoms with Crippen molar-refractivity contribution in [1.82, 2.24) is 9.97 Å². The summed E-state index contributed by atoms with van der Waals surface area (Å²) >= 11 is 0. The molecule has 5 nitrogen and oxygen atoms in total. The van der Waals surface area contributed by atoms with Crippen molar-refractivity contribution in [1.29, 1.82) is 0 Å². The summed E-state index contributed by atoms with van der Waals surface area (Å²) < 4.78 is 0. The SMILES string of the molecule is CCCCCCNc1nc2ccc(N)cc2c(=O)[nH]1. The van der Waals surface area contributed by atoms with Crippen LogP contribution in [0.3, 0.4) is 0 Å². The van der Waals surface area contributed by atoms with Gasteiger partial charge in [-0.15, -0.1) is 0 Å². The second-order valence-electron chi connectivity index (χ2n) is 4.68. The van der Waals surface area contributed by atoms with Crippen LogP contribution in [0, 0.1) is 0 Å². The zero-order valence-electron chi connectivity index (χ0n) is 11.2. The largest absolute Gasteiger partial charge is 0.399 e. The molecule has 0 spiro atoms. The Morgan fingerprint density at radius 2 is 2.16 bits per heavy atom. The molecule has 0 bridgehead atoms. The van der Waals surface area contributed by atoms with Crippen LogP contribution < -0.4 is 16.6 Å². The first kappa shape index (κ1) is 13.4. The zero-order chi connectivity index (χ0) is 13.7. The number of hydrogen-bond acceptors (Lipinski definition) is 4. The van der Waals surface area contributed by atoms with Crippen molar-refractivity contribution in [3.63, 3.8) is 0 Å². The summed E-state index contributed by atoms with van der Waals surface area (Å²) in [4.78, 5) is 19.0. The maximum absolute atomic E-state index is 11.9. The highest BCUT2D eigenvalue weighted by Gasteiger charge is 2.03. The molecule has 0 atom stereocenters. The van der Waals surface area contributed by atoms with Crippen molar-refractivity contribution in [2.24, 2.45) is 0 Å². The molecular weight excluding hydrogens is 240 g/mol. The third-order valence-electron chi connectivity index (χ3n) is 3.05. The number of hydrogen-bond donors (Lipinski definition) is 3. The van der Waals surface area contributed by atoms with E-state index in [1.807, 2.05) is 0 Å². The van der Waals surface area contributed by atoms with E-state index in [0.717, 1.165) is 13.0 Å². The van der Waals surface area contributed by atoms with E-state index in [4.69, 9.17) is 5.73 Å². The number of rotatable bonds is 6. The number of nitrogens with two attached hydrogens (primary N) is 1. The lowest BCUT2D eigenvalue weighted by Gasteiger charge is -2.06. The maximum atomic E-state index is 11.9. The van der Waals surface area contributed by atoms with Crippen LogP contribution in [0.15, 0.2) is 23.0 Å². The molecule has 2 rings (SSSR count). The summed E-state index contributed by atoms with van der Waals surface area (Å²) in [6.07, 6.45) is 4.73. The Balaban J connectivity index is 2.08. The Bertz CT molecular complexity index is 606. The van der Waals surface area contributed by atoms with E-state index >= 15 is 0 Å². The standard InChI is InChI=1S/C14H20N4O/c1-2-3-4-5-8-16-14-17-12-7-6-10(15)9-11(12)13(19)18-14/h6-7,9H,2-5,8,15H2,1H3,(H2,16,17,18,19). The summed E-state index contributed by atoms with van der Waals surface area (Å²) in [5, 5.41) is 3.68. The molecule has 5 heteroatoms. The van der Waals surface area contributed by atoms with Crippen LogP contribution >= 0.6 is 0 Å². The molecule has 0 radical (unpaired) electrons. The molecule has 4 N–H and O–H groups in total. The highest BCUT2D eigenvalue weighted by Crippen LogP contribution is 2.12. The van der Waals surface area contributed by atoms with E-state index in [-0.39, 0.29) is 5.56 Å². The molecule has 0 saturated heterocycles. The van der Waals surface area contributed by atoms with Crippen molar-refractivity contribution in [2.45, 2.75) is 32.6 Å². The van der Waals surface area contributed by atoms with Crippen molar-refractivity contribution in [3.8, 4) is 0 Å². The first-order valence-corrected chi connectivity index (χ1v) is 6.74. The molecule has 0 aliphatic heterocycles. The molecule has 0 unspecified atom stereocenters. The van der Waals surface area contributed by atoms with Gasteiger partial charge in [-0.3, -0.25) is 9.78 Å². The molecule has 0 saturated carbocycles. The fraction of sp³-hybridized carbons (Fsp3) is 0.429. The minimum atomic E-state index is -0.159. The fourth-order valence-corrected chi connectivity index (χ4v) is 2.00. The number of anilines is 2. The molecule has 102 valence electrons. The third-order valence-corrected chi connectivity index (χ3v) is 3.05. The molecule has 1 aromatic carbocycles. The van der Waals surface area contributed by atoms with Crippen LogP contribution in [-0.4, -0.2) is 16.5 Å². The molecule has 1 aromatic heterocycles. The average Bonchev–Trinajstić information content (AvgIpc) is 2.39. The Labute approximate surface area is 112 Å². The quantitative estimate of drug-likeness (QED) is 0.550. The van der Waals surface area contributed by atoms with Gasteiger partial charge >= 0.3 is 0 Å². The number of nitrogen functional groups attached to an aromatic ring is 1. The molecule has 0 aliphatic carbocycles. The van der Waals surface area contributed by atoms with E-state index < -0.39 is 0 Å². The first-order valence-electron chi connectivity index (χ1n) is 6.74. The predicted octanol–water partition coefficient (Wildman–Crippen LogP) is 2.50. The number of benzene rings is 1. The summed E-state index contributed by atoms with van der Waals surface area (Å²) in [7, 11) is 0. The zero-order valence-corrected chi connectivity index (χ0v) is 11.2. The maximum Gasteiger partial charge on any atom is 0.260 e. The predicted molar refractivity (Wildman–Crippen MR) is 79.4 cm³/mol. The number of aromatic amines is 1. The number of nitrogens with zero attached hydrogens (tertiary/aromatic N) is 1. The van der Waals surface area contributed by atoms with Gasteiger partial charge in [-0.2, -0.15) is 0 Å². The second-order valence-corrected chi connectivity index (χ2v) is 4.68. The summed E-state index contributed by atoms with van der Waals surface area (Å²) in [6.45, 7) is 3.00. The number of aromatic nitrogens is 2. The van der Waals surface area contributed by atoms with Gasteiger partial charge in [-0.25, -0.2) is 4.98 Å². The van der Waals surface area contributed by atoms with Crippen LogP contribution in [0.2, 0.25) is 0 Å². The van der Waals surface area contributed by atoms with Crippen LogP contribution in [0.1, 0.15) is 32.6 Å².